The van der Waals surface area contributed by atoms with Gasteiger partial charge in [0.25, 0.3) is 0 Å². The Morgan fingerprint density at radius 2 is 2.22 bits per heavy atom. The van der Waals surface area contributed by atoms with Gasteiger partial charge in [-0.3, -0.25) is 9.48 Å². The van der Waals surface area contributed by atoms with Crippen molar-refractivity contribution in [2.45, 2.75) is 13.1 Å². The fourth-order valence-electron chi connectivity index (χ4n) is 1.94. The molecule has 0 radical (unpaired) electrons. The van der Waals surface area contributed by atoms with Crippen molar-refractivity contribution in [2.75, 3.05) is 5.73 Å². The minimum atomic E-state index is -1.17. The summed E-state index contributed by atoms with van der Waals surface area (Å²) in [5.74, 6) is 0. The van der Waals surface area contributed by atoms with E-state index >= 15 is 0 Å². The lowest BCUT2D eigenvalue weighted by atomic mass is 9.97. The largest absolute Gasteiger partial charge is 0.398 e. The number of aldehydes is 1. The molecule has 1 unspecified atom stereocenters. The smallest absolute Gasteiger partial charge is 0.152 e. The highest BCUT2D eigenvalue weighted by Gasteiger charge is 2.16. The van der Waals surface area contributed by atoms with Crippen molar-refractivity contribution < 1.29 is 9.18 Å². The molecule has 0 bridgehead atoms. The standard InChI is InChI=1S/C13H14FN3O/c1-8(14)10-6-12(15)9(7-18)5-11(10)13-3-4-16-17(13)2/h3-8H,15H2,1-2H3. The van der Waals surface area contributed by atoms with Crippen LogP contribution in [-0.2, 0) is 7.05 Å². The zero-order valence-electron chi connectivity index (χ0n) is 10.2. The number of nitrogens with two attached hydrogens (primary N) is 1. The molecule has 1 atom stereocenters. The van der Waals surface area contributed by atoms with Crippen LogP contribution >= 0.6 is 0 Å². The summed E-state index contributed by atoms with van der Waals surface area (Å²) < 4.78 is 15.3. The summed E-state index contributed by atoms with van der Waals surface area (Å²) in [6.07, 6.45) is 1.12. The Bertz CT molecular complexity index is 590. The van der Waals surface area contributed by atoms with Gasteiger partial charge in [0.1, 0.15) is 6.17 Å². The minimum absolute atomic E-state index is 0.287. The maximum atomic E-state index is 13.7. The molecule has 0 amide bonds. The molecule has 0 saturated carbocycles. The molecule has 0 aliphatic rings. The molecule has 0 aliphatic carbocycles. The number of nitrogen functional groups attached to an aromatic ring is 1. The average Bonchev–Trinajstić information content (AvgIpc) is 2.75. The number of alkyl halides is 1. The SMILES string of the molecule is CC(F)c1cc(N)c(C=O)cc1-c1ccnn1C. The van der Waals surface area contributed by atoms with Crippen molar-refractivity contribution in [1.29, 1.82) is 0 Å². The second-order valence-electron chi connectivity index (χ2n) is 4.14. The van der Waals surface area contributed by atoms with Crippen molar-refractivity contribution in [1.82, 2.24) is 9.78 Å². The van der Waals surface area contributed by atoms with Gasteiger partial charge in [-0.05, 0) is 30.7 Å². The van der Waals surface area contributed by atoms with Gasteiger partial charge in [0.15, 0.2) is 6.29 Å². The van der Waals surface area contributed by atoms with Crippen LogP contribution in [-0.4, -0.2) is 16.1 Å². The Balaban J connectivity index is 2.71. The van der Waals surface area contributed by atoms with Crippen molar-refractivity contribution in [2.24, 2.45) is 7.05 Å². The van der Waals surface area contributed by atoms with E-state index in [4.69, 9.17) is 5.73 Å². The first kappa shape index (κ1) is 12.3. The number of halogens is 1. The molecule has 1 aromatic carbocycles. The zero-order valence-corrected chi connectivity index (χ0v) is 10.2. The van der Waals surface area contributed by atoms with E-state index in [9.17, 15) is 9.18 Å². The van der Waals surface area contributed by atoms with E-state index in [1.54, 1.807) is 30.1 Å². The van der Waals surface area contributed by atoms with E-state index < -0.39 is 6.17 Å². The summed E-state index contributed by atoms with van der Waals surface area (Å²) in [7, 11) is 1.76. The van der Waals surface area contributed by atoms with Gasteiger partial charge in [-0.15, -0.1) is 0 Å². The molecule has 1 heterocycles. The number of carbonyl (C=O) groups excluding carboxylic acids is 1. The highest BCUT2D eigenvalue weighted by molar-refractivity contribution is 5.87. The lowest BCUT2D eigenvalue weighted by Crippen LogP contribution is -2.02. The van der Waals surface area contributed by atoms with Crippen LogP contribution in [0.2, 0.25) is 0 Å². The number of hydrogen-bond acceptors (Lipinski definition) is 3. The number of anilines is 1. The molecule has 0 spiro atoms. The van der Waals surface area contributed by atoms with Crippen molar-refractivity contribution in [3.8, 4) is 11.3 Å². The van der Waals surface area contributed by atoms with Crippen LogP contribution in [0, 0.1) is 0 Å². The third-order valence-corrected chi connectivity index (χ3v) is 2.91. The number of hydrogen-bond donors (Lipinski definition) is 1. The maximum Gasteiger partial charge on any atom is 0.152 e. The van der Waals surface area contributed by atoms with Crippen LogP contribution in [0.25, 0.3) is 11.3 Å². The van der Waals surface area contributed by atoms with E-state index in [0.717, 1.165) is 5.69 Å². The molecule has 0 aliphatic heterocycles. The molecular weight excluding hydrogens is 233 g/mol. The molecule has 1 aromatic heterocycles. The Hall–Kier alpha value is -2.17. The fourth-order valence-corrected chi connectivity index (χ4v) is 1.94. The molecule has 18 heavy (non-hydrogen) atoms. The lowest BCUT2D eigenvalue weighted by Gasteiger charge is -2.13. The predicted octanol–water partition coefficient (Wildman–Crippen LogP) is 2.51. The summed E-state index contributed by atoms with van der Waals surface area (Å²) >= 11 is 0. The third kappa shape index (κ3) is 1.99. The first-order chi connectivity index (χ1) is 8.54. The number of aromatic nitrogens is 2. The number of rotatable bonds is 3. The van der Waals surface area contributed by atoms with Gasteiger partial charge in [0, 0.05) is 30.1 Å². The highest BCUT2D eigenvalue weighted by Crippen LogP contribution is 2.32. The molecular formula is C13H14FN3O. The van der Waals surface area contributed by atoms with Gasteiger partial charge in [0.2, 0.25) is 0 Å². The quantitative estimate of drug-likeness (QED) is 0.669. The fraction of sp³-hybridized carbons (Fsp3) is 0.231. The van der Waals surface area contributed by atoms with Crippen molar-refractivity contribution in [3.05, 3.63) is 35.5 Å². The Morgan fingerprint density at radius 3 is 2.72 bits per heavy atom. The minimum Gasteiger partial charge on any atom is -0.398 e. The summed E-state index contributed by atoms with van der Waals surface area (Å²) in [5, 5.41) is 4.05. The Labute approximate surface area is 104 Å². The number of aryl methyl sites for hydroxylation is 1. The molecule has 2 aromatic rings. The summed E-state index contributed by atoms with van der Waals surface area (Å²) in [6, 6.07) is 4.88. The molecule has 4 nitrogen and oxygen atoms in total. The highest BCUT2D eigenvalue weighted by atomic mass is 19.1. The van der Waals surface area contributed by atoms with E-state index in [2.05, 4.69) is 5.10 Å². The first-order valence-corrected chi connectivity index (χ1v) is 5.55. The summed E-state index contributed by atoms with van der Waals surface area (Å²) in [6.45, 7) is 1.44. The number of carbonyl (C=O) groups is 1. The van der Waals surface area contributed by atoms with Crippen LogP contribution in [0.1, 0.15) is 29.0 Å². The van der Waals surface area contributed by atoms with Crippen LogP contribution < -0.4 is 5.73 Å². The van der Waals surface area contributed by atoms with Gasteiger partial charge in [-0.1, -0.05) is 0 Å². The van der Waals surface area contributed by atoms with E-state index in [0.29, 0.717) is 23.0 Å². The van der Waals surface area contributed by atoms with Gasteiger partial charge < -0.3 is 5.73 Å². The first-order valence-electron chi connectivity index (χ1n) is 5.55. The van der Waals surface area contributed by atoms with Crippen molar-refractivity contribution in [3.63, 3.8) is 0 Å². The third-order valence-electron chi connectivity index (χ3n) is 2.91. The van der Waals surface area contributed by atoms with Gasteiger partial charge >= 0.3 is 0 Å². The van der Waals surface area contributed by atoms with Crippen LogP contribution in [0.4, 0.5) is 10.1 Å². The Kier molecular flexibility index (Phi) is 3.14. The Morgan fingerprint density at radius 1 is 1.50 bits per heavy atom. The second-order valence-corrected chi connectivity index (χ2v) is 4.14. The molecule has 2 rings (SSSR count). The normalized spacial score (nSPS) is 12.4. The monoisotopic (exact) mass is 247 g/mol. The van der Waals surface area contributed by atoms with E-state index in [1.165, 1.54) is 13.0 Å². The summed E-state index contributed by atoms with van der Waals surface area (Å²) in [5.41, 5.74) is 8.20. The van der Waals surface area contributed by atoms with Crippen LogP contribution in [0.15, 0.2) is 24.4 Å². The zero-order chi connectivity index (χ0) is 13.3. The molecule has 2 N–H and O–H groups in total. The topological polar surface area (TPSA) is 60.9 Å². The van der Waals surface area contributed by atoms with E-state index in [-0.39, 0.29) is 5.69 Å². The lowest BCUT2D eigenvalue weighted by molar-refractivity contribution is 0.112. The van der Waals surface area contributed by atoms with Crippen LogP contribution in [0.3, 0.4) is 0 Å². The number of benzene rings is 1. The van der Waals surface area contributed by atoms with Gasteiger partial charge in [0.05, 0.1) is 5.69 Å². The van der Waals surface area contributed by atoms with Crippen molar-refractivity contribution >= 4 is 12.0 Å². The molecule has 94 valence electrons. The molecule has 5 heteroatoms. The predicted molar refractivity (Wildman–Crippen MR) is 68.0 cm³/mol. The van der Waals surface area contributed by atoms with Gasteiger partial charge in [-0.25, -0.2) is 4.39 Å². The molecule has 0 saturated heterocycles. The number of nitrogens with zero attached hydrogens (tertiary/aromatic N) is 2. The van der Waals surface area contributed by atoms with E-state index in [1.807, 2.05) is 0 Å². The average molecular weight is 247 g/mol. The second kappa shape index (κ2) is 4.60. The van der Waals surface area contributed by atoms with Crippen LogP contribution in [0.5, 0.6) is 0 Å². The van der Waals surface area contributed by atoms with Gasteiger partial charge in [-0.2, -0.15) is 5.10 Å². The summed E-state index contributed by atoms with van der Waals surface area (Å²) in [4.78, 5) is 10.9. The maximum absolute atomic E-state index is 13.7. The molecule has 0 fully saturated rings.